The minimum Gasteiger partial charge on any atom is -0.493 e. The van der Waals surface area contributed by atoms with Crippen LogP contribution in [0, 0.1) is 5.41 Å². The van der Waals surface area contributed by atoms with Crippen LogP contribution >= 0.6 is 0 Å². The molecule has 0 aromatic heterocycles. The first-order chi connectivity index (χ1) is 14.5. The van der Waals surface area contributed by atoms with E-state index in [0.717, 1.165) is 18.4 Å². The number of ether oxygens (including phenoxy) is 2. The van der Waals surface area contributed by atoms with Gasteiger partial charge in [0.25, 0.3) is 0 Å². The van der Waals surface area contributed by atoms with Crippen molar-refractivity contribution in [2.75, 3.05) is 20.8 Å². The predicted octanol–water partition coefficient (Wildman–Crippen LogP) is 0.337. The number of methoxy groups -OCH3 is 2. The first kappa shape index (κ1) is 24.0. The van der Waals surface area contributed by atoms with Crippen molar-refractivity contribution >= 4 is 19.5 Å². The quantitative estimate of drug-likeness (QED) is 0.217. The number of amides is 2. The van der Waals surface area contributed by atoms with Gasteiger partial charge in [-0.25, -0.2) is 0 Å². The van der Waals surface area contributed by atoms with Crippen molar-refractivity contribution in [3.05, 3.63) is 23.8 Å². The van der Waals surface area contributed by atoms with Gasteiger partial charge in [0.2, 0.25) is 11.8 Å². The van der Waals surface area contributed by atoms with E-state index in [4.69, 9.17) is 24.9 Å². The van der Waals surface area contributed by atoms with E-state index in [-0.39, 0.29) is 18.4 Å². The summed E-state index contributed by atoms with van der Waals surface area (Å²) < 4.78 is 15.7. The summed E-state index contributed by atoms with van der Waals surface area (Å²) in [6.07, 6.45) is 2.95. The highest BCUT2D eigenvalue weighted by atomic mass is 16.5. The fourth-order valence-corrected chi connectivity index (χ4v) is 3.75. The zero-order valence-electron chi connectivity index (χ0n) is 17.7. The third-order valence-corrected chi connectivity index (χ3v) is 5.47. The Kier molecular flexibility index (Phi) is 9.41. The Hall–Kier alpha value is -2.30. The number of hydrogen-bond donors (Lipinski definition) is 4. The zero-order chi connectivity index (χ0) is 22.0. The molecule has 30 heavy (non-hydrogen) atoms. The van der Waals surface area contributed by atoms with Gasteiger partial charge in [0.05, 0.1) is 14.2 Å². The number of nitrogens with one attached hydrogen (secondary N) is 2. The molecule has 166 valence electrons. The average Bonchev–Trinajstić information content (AvgIpc) is 3.27. The van der Waals surface area contributed by atoms with Crippen LogP contribution in [0.4, 0.5) is 0 Å². The van der Waals surface area contributed by atoms with Gasteiger partial charge >= 0.3 is 7.69 Å². The van der Waals surface area contributed by atoms with Gasteiger partial charge in [0.15, 0.2) is 11.5 Å². The topological polar surface area (TPSA) is 132 Å². The largest absolute Gasteiger partial charge is 0.493 e. The lowest BCUT2D eigenvalue weighted by molar-refractivity contribution is -0.145. The second kappa shape index (κ2) is 11.8. The summed E-state index contributed by atoms with van der Waals surface area (Å²) in [6.45, 7) is 0.704. The Bertz CT molecular complexity index is 712. The van der Waals surface area contributed by atoms with Gasteiger partial charge in [-0.1, -0.05) is 18.9 Å². The summed E-state index contributed by atoms with van der Waals surface area (Å²) >= 11 is 0. The Labute approximate surface area is 177 Å². The summed E-state index contributed by atoms with van der Waals surface area (Å²) in [4.78, 5) is 26.1. The van der Waals surface area contributed by atoms with Crippen LogP contribution < -0.4 is 25.8 Å². The van der Waals surface area contributed by atoms with Crippen molar-refractivity contribution in [1.29, 1.82) is 0 Å². The third kappa shape index (κ3) is 5.87. The molecule has 1 aliphatic rings. The number of carbonyl (C=O) groups is 2. The van der Waals surface area contributed by atoms with Crippen LogP contribution in [0.25, 0.3) is 0 Å². The standard InChI is InChI=1S/C20H32BN3O6/c1-28-15-8-7-14(12-16(15)29-2)13-23-18(25)20(9-3-4-10-20)19(26)24-17(30-21-27)6-5-11-22/h7-8,12,17,21,27H,3-6,9-11,13,22H2,1-2H3,(H,23,25)(H,24,26)/t17-/m1/s1. The molecule has 0 unspecified atom stereocenters. The number of carbonyl (C=O) groups excluding carboxylic acids is 2. The highest BCUT2D eigenvalue weighted by molar-refractivity contribution is 6.16. The lowest BCUT2D eigenvalue weighted by Gasteiger charge is -2.29. The monoisotopic (exact) mass is 421 g/mol. The first-order valence-electron chi connectivity index (χ1n) is 10.2. The summed E-state index contributed by atoms with van der Waals surface area (Å²) in [5.74, 6) is 0.488. The van der Waals surface area contributed by atoms with Crippen molar-refractivity contribution < 1.29 is 28.7 Å². The molecular weight excluding hydrogens is 389 g/mol. The molecule has 10 heteroatoms. The maximum atomic E-state index is 13.1. The molecule has 0 radical (unpaired) electrons. The smallest absolute Gasteiger partial charge is 0.436 e. The zero-order valence-corrected chi connectivity index (χ0v) is 17.7. The Morgan fingerprint density at radius 2 is 1.90 bits per heavy atom. The minimum atomic E-state index is -1.14. The molecule has 0 heterocycles. The number of hydrogen-bond acceptors (Lipinski definition) is 7. The SMILES string of the molecule is COc1ccc(CNC(=O)C2(C(=O)N[C@@H](CCCN)OBO)CCCC2)cc1OC. The maximum Gasteiger partial charge on any atom is 0.436 e. The number of rotatable bonds is 12. The lowest BCUT2D eigenvalue weighted by atomic mass is 9.83. The molecule has 1 aliphatic carbocycles. The lowest BCUT2D eigenvalue weighted by Crippen LogP contribution is -2.53. The fourth-order valence-electron chi connectivity index (χ4n) is 3.75. The Balaban J connectivity index is 2.06. The van der Waals surface area contributed by atoms with Crippen LogP contribution in [-0.2, 0) is 20.8 Å². The van der Waals surface area contributed by atoms with Gasteiger partial charge in [-0.05, 0) is 49.9 Å². The maximum absolute atomic E-state index is 13.1. The molecule has 2 amide bonds. The van der Waals surface area contributed by atoms with Gasteiger partial charge in [0.1, 0.15) is 11.6 Å². The molecule has 0 spiro atoms. The summed E-state index contributed by atoms with van der Waals surface area (Å²) in [5, 5.41) is 14.7. The Morgan fingerprint density at radius 3 is 2.50 bits per heavy atom. The van der Waals surface area contributed by atoms with Crippen molar-refractivity contribution in [3.63, 3.8) is 0 Å². The molecule has 9 nitrogen and oxygen atoms in total. The second-order valence-corrected chi connectivity index (χ2v) is 7.35. The molecule has 5 N–H and O–H groups in total. The molecule has 1 aromatic rings. The van der Waals surface area contributed by atoms with Gasteiger partial charge in [0, 0.05) is 6.54 Å². The molecule has 1 atom stereocenters. The van der Waals surface area contributed by atoms with Crippen LogP contribution in [0.3, 0.4) is 0 Å². The van der Waals surface area contributed by atoms with E-state index in [0.29, 0.717) is 43.7 Å². The number of benzene rings is 1. The summed E-state index contributed by atoms with van der Waals surface area (Å²) in [7, 11) is 2.59. The highest BCUT2D eigenvalue weighted by Crippen LogP contribution is 2.39. The molecule has 1 aromatic carbocycles. The van der Waals surface area contributed by atoms with Gasteiger partial charge in [-0.15, -0.1) is 0 Å². The summed E-state index contributed by atoms with van der Waals surface area (Å²) in [6, 6.07) is 5.39. The third-order valence-electron chi connectivity index (χ3n) is 5.47. The van der Waals surface area contributed by atoms with E-state index in [1.807, 2.05) is 6.07 Å². The van der Waals surface area contributed by atoms with E-state index in [1.165, 1.54) is 0 Å². The van der Waals surface area contributed by atoms with Crippen molar-refractivity contribution in [2.45, 2.75) is 51.3 Å². The van der Waals surface area contributed by atoms with Crippen LogP contribution in [-0.4, -0.2) is 51.5 Å². The van der Waals surface area contributed by atoms with Crippen LogP contribution in [0.1, 0.15) is 44.1 Å². The van der Waals surface area contributed by atoms with Gasteiger partial charge in [-0.2, -0.15) is 0 Å². The predicted molar refractivity (Wildman–Crippen MR) is 113 cm³/mol. The van der Waals surface area contributed by atoms with Crippen LogP contribution in [0.2, 0.25) is 0 Å². The molecule has 1 saturated carbocycles. The van der Waals surface area contributed by atoms with E-state index >= 15 is 0 Å². The number of nitrogens with two attached hydrogens (primary N) is 1. The van der Waals surface area contributed by atoms with Crippen molar-refractivity contribution in [3.8, 4) is 11.5 Å². The van der Waals surface area contributed by atoms with E-state index in [9.17, 15) is 9.59 Å². The highest BCUT2D eigenvalue weighted by Gasteiger charge is 2.48. The van der Waals surface area contributed by atoms with Gasteiger partial charge in [-0.3, -0.25) is 9.59 Å². The second-order valence-electron chi connectivity index (χ2n) is 7.35. The minimum absolute atomic E-state index is 0.262. The molecule has 2 rings (SSSR count). The van der Waals surface area contributed by atoms with Crippen molar-refractivity contribution in [2.24, 2.45) is 11.1 Å². The van der Waals surface area contributed by atoms with E-state index in [1.54, 1.807) is 26.4 Å². The summed E-state index contributed by atoms with van der Waals surface area (Å²) in [5.41, 5.74) is 5.21. The molecular formula is C20H32BN3O6. The molecule has 0 aliphatic heterocycles. The van der Waals surface area contributed by atoms with Crippen LogP contribution in [0.5, 0.6) is 11.5 Å². The van der Waals surface area contributed by atoms with E-state index in [2.05, 4.69) is 10.6 Å². The molecule has 1 fully saturated rings. The average molecular weight is 421 g/mol. The van der Waals surface area contributed by atoms with E-state index < -0.39 is 19.3 Å². The fraction of sp³-hybridized carbons (Fsp3) is 0.600. The van der Waals surface area contributed by atoms with Crippen molar-refractivity contribution in [1.82, 2.24) is 10.6 Å². The normalized spacial score (nSPS) is 15.9. The first-order valence-corrected chi connectivity index (χ1v) is 10.2. The molecule has 0 saturated heterocycles. The van der Waals surface area contributed by atoms with Crippen LogP contribution in [0.15, 0.2) is 18.2 Å². The van der Waals surface area contributed by atoms with Gasteiger partial charge < -0.3 is 35.5 Å². The Morgan fingerprint density at radius 1 is 1.20 bits per heavy atom. The molecule has 0 bridgehead atoms.